The summed E-state index contributed by atoms with van der Waals surface area (Å²) >= 11 is 0. The molecule has 0 bridgehead atoms. The van der Waals surface area contributed by atoms with Gasteiger partial charge in [-0.2, -0.15) is 0 Å². The predicted octanol–water partition coefficient (Wildman–Crippen LogP) is 18.5. The molecule has 0 aromatic heterocycles. The molecule has 5 heteroatoms. The van der Waals surface area contributed by atoms with E-state index in [0.29, 0.717) is 19.4 Å². The fraction of sp³-hybridized carbons (Fsp3) is 0.729. The molecule has 0 N–H and O–H groups in total. The lowest BCUT2D eigenvalue weighted by Gasteiger charge is -2.18. The molecule has 5 nitrogen and oxygen atoms in total. The second kappa shape index (κ2) is 54.4. The van der Waals surface area contributed by atoms with Crippen molar-refractivity contribution in [2.24, 2.45) is 0 Å². The molecule has 0 aliphatic carbocycles. The summed E-state index contributed by atoms with van der Waals surface area (Å²) in [4.78, 5) is 25.2. The quantitative estimate of drug-likeness (QED) is 0.0346. The molecule has 0 fully saturated rings. The van der Waals surface area contributed by atoms with E-state index < -0.39 is 6.10 Å². The molecule has 0 aliphatic heterocycles. The Morgan fingerprint density at radius 1 is 0.344 bits per heavy atom. The second-order valence-corrected chi connectivity index (χ2v) is 17.7. The molecule has 0 heterocycles. The molecule has 0 radical (unpaired) electrons. The van der Waals surface area contributed by atoms with Crippen molar-refractivity contribution in [2.75, 3.05) is 19.8 Å². The van der Waals surface area contributed by atoms with Gasteiger partial charge in [-0.3, -0.25) is 9.59 Å². The highest BCUT2D eigenvalue weighted by molar-refractivity contribution is 5.69. The van der Waals surface area contributed by atoms with Crippen molar-refractivity contribution in [1.82, 2.24) is 0 Å². The van der Waals surface area contributed by atoms with E-state index in [2.05, 4.69) is 106 Å². The lowest BCUT2D eigenvalue weighted by molar-refractivity contribution is -0.155. The highest BCUT2D eigenvalue weighted by atomic mass is 16.6. The van der Waals surface area contributed by atoms with Gasteiger partial charge in [0, 0.05) is 19.4 Å². The molecule has 0 aromatic carbocycles. The lowest BCUT2D eigenvalue weighted by atomic mass is 10.0. The van der Waals surface area contributed by atoms with Gasteiger partial charge in [-0.15, -0.1) is 0 Å². The fourth-order valence-electron chi connectivity index (χ4n) is 7.36. The zero-order valence-electron chi connectivity index (χ0n) is 42.3. The van der Waals surface area contributed by atoms with Crippen molar-refractivity contribution in [3.05, 3.63) is 85.1 Å². The Kier molecular flexibility index (Phi) is 51.9. The molecule has 0 rings (SSSR count). The van der Waals surface area contributed by atoms with Crippen LogP contribution in [0.1, 0.15) is 252 Å². The molecule has 0 spiro atoms. The molecule has 0 aromatic rings. The van der Waals surface area contributed by atoms with E-state index in [1.165, 1.54) is 116 Å². The normalized spacial score (nSPS) is 12.9. The number of unbranched alkanes of at least 4 members (excludes halogenated alkanes) is 24. The molecule has 0 unspecified atom stereocenters. The second-order valence-electron chi connectivity index (χ2n) is 17.7. The maximum atomic E-state index is 12.6. The van der Waals surface area contributed by atoms with E-state index in [1.54, 1.807) is 0 Å². The topological polar surface area (TPSA) is 61.8 Å². The largest absolute Gasteiger partial charge is 0.463 e. The summed E-state index contributed by atoms with van der Waals surface area (Å²) in [5.74, 6) is -0.401. The van der Waals surface area contributed by atoms with Gasteiger partial charge < -0.3 is 14.2 Å². The van der Waals surface area contributed by atoms with Crippen molar-refractivity contribution >= 4 is 11.9 Å². The molecule has 0 amide bonds. The average Bonchev–Trinajstić information content (AvgIpc) is 3.30. The first-order valence-electron chi connectivity index (χ1n) is 27.1. The van der Waals surface area contributed by atoms with Crippen LogP contribution in [0.3, 0.4) is 0 Å². The van der Waals surface area contributed by atoms with Gasteiger partial charge in [0.1, 0.15) is 19.3 Å². The van der Waals surface area contributed by atoms with E-state index in [9.17, 15) is 9.59 Å². The minimum absolute atomic E-state index is 0.127. The van der Waals surface area contributed by atoms with E-state index in [0.717, 1.165) is 103 Å². The highest BCUT2D eigenvalue weighted by Crippen LogP contribution is 2.15. The third kappa shape index (κ3) is 51.7. The molecule has 1 atom stereocenters. The number of hydrogen-bond donors (Lipinski definition) is 0. The molecular weight excluding hydrogens is 789 g/mol. The summed E-state index contributed by atoms with van der Waals surface area (Å²) in [6, 6.07) is 0. The number of carbonyl (C=O) groups is 2. The number of carbonyl (C=O) groups excluding carboxylic acids is 2. The monoisotopic (exact) mass is 891 g/mol. The van der Waals surface area contributed by atoms with Gasteiger partial charge in [0.15, 0.2) is 0 Å². The third-order valence-corrected chi connectivity index (χ3v) is 11.5. The van der Waals surface area contributed by atoms with Gasteiger partial charge in [0.2, 0.25) is 0 Å². The van der Waals surface area contributed by atoms with Crippen LogP contribution in [0, 0.1) is 0 Å². The number of rotatable bonds is 49. The van der Waals surface area contributed by atoms with Crippen LogP contribution in [0.25, 0.3) is 0 Å². The van der Waals surface area contributed by atoms with E-state index in [-0.39, 0.29) is 25.2 Å². The van der Waals surface area contributed by atoms with Crippen LogP contribution < -0.4 is 0 Å². The van der Waals surface area contributed by atoms with E-state index in [1.807, 2.05) is 0 Å². The van der Waals surface area contributed by atoms with Crippen molar-refractivity contribution in [3.8, 4) is 0 Å². The van der Waals surface area contributed by atoms with Crippen molar-refractivity contribution < 1.29 is 23.8 Å². The van der Waals surface area contributed by atoms with E-state index in [4.69, 9.17) is 14.2 Å². The summed E-state index contributed by atoms with van der Waals surface area (Å²) in [6.07, 6.45) is 71.9. The van der Waals surface area contributed by atoms with Crippen LogP contribution >= 0.6 is 0 Å². The number of ether oxygens (including phenoxy) is 3. The summed E-state index contributed by atoms with van der Waals surface area (Å²) < 4.78 is 17.4. The predicted molar refractivity (Wildman–Crippen MR) is 279 cm³/mol. The Balaban J connectivity index is 4.36. The van der Waals surface area contributed by atoms with Crippen molar-refractivity contribution in [1.29, 1.82) is 0 Å². The standard InChI is InChI=1S/C59H102O5/c1-4-7-10-13-16-19-22-25-28-30-32-35-38-41-44-47-50-53-59(61)64-56-57(62-54-51-48-45-42-39-36-33-29-26-23-20-17-14-11-8-5-2)55-63-58(60)52-49-46-43-40-37-34-31-27-24-21-18-15-12-9-6-3/h7,10,16,18-19,21,25,27-28,31-32,35,37,40,57H,4-6,8-9,11-15,17,20,22-24,26,29-30,33-34,36,38-39,41-56H2,1-3H3/b10-7-,19-16-,21-18-,28-25-,31-27-,35-32-,40-37-/t57-/m0/s1. The molecule has 0 saturated heterocycles. The molecule has 368 valence electrons. The third-order valence-electron chi connectivity index (χ3n) is 11.5. The van der Waals surface area contributed by atoms with Crippen LogP contribution in [-0.4, -0.2) is 37.9 Å². The summed E-state index contributed by atoms with van der Waals surface area (Å²) in [6.45, 7) is 7.53. The van der Waals surface area contributed by atoms with Crippen LogP contribution in [0.15, 0.2) is 85.1 Å². The van der Waals surface area contributed by atoms with Gasteiger partial charge in [-0.25, -0.2) is 0 Å². The first-order valence-corrected chi connectivity index (χ1v) is 27.1. The summed E-state index contributed by atoms with van der Waals surface area (Å²) in [5.41, 5.74) is 0. The minimum Gasteiger partial charge on any atom is -0.463 e. The Morgan fingerprint density at radius 2 is 0.641 bits per heavy atom. The first-order chi connectivity index (χ1) is 31.6. The van der Waals surface area contributed by atoms with Gasteiger partial charge in [-0.05, 0) is 96.3 Å². The smallest absolute Gasteiger partial charge is 0.305 e. The van der Waals surface area contributed by atoms with Gasteiger partial charge in [-0.1, -0.05) is 228 Å². The fourth-order valence-corrected chi connectivity index (χ4v) is 7.36. The van der Waals surface area contributed by atoms with Crippen LogP contribution in [0.5, 0.6) is 0 Å². The highest BCUT2D eigenvalue weighted by Gasteiger charge is 2.16. The Hall–Kier alpha value is -2.92. The molecule has 0 aliphatic rings. The maximum absolute atomic E-state index is 12.6. The SMILES string of the molecule is CC/C=C\C/C=C\C/C=C\C/C=C\CCCCCCC(=O)OC[C@H](COC(=O)CCCC/C=C\C/C=C\C/C=C\CCCCC)OCCCCCCCCCCCCCCCCCC. The van der Waals surface area contributed by atoms with Gasteiger partial charge in [0.25, 0.3) is 0 Å². The van der Waals surface area contributed by atoms with E-state index >= 15 is 0 Å². The zero-order chi connectivity index (χ0) is 46.3. The van der Waals surface area contributed by atoms with Crippen LogP contribution in [-0.2, 0) is 23.8 Å². The number of esters is 2. The Labute approximate surface area is 397 Å². The molecule has 64 heavy (non-hydrogen) atoms. The van der Waals surface area contributed by atoms with Gasteiger partial charge in [0.05, 0.1) is 0 Å². The molecular formula is C59H102O5. The summed E-state index contributed by atoms with van der Waals surface area (Å²) in [7, 11) is 0. The maximum Gasteiger partial charge on any atom is 0.305 e. The summed E-state index contributed by atoms with van der Waals surface area (Å²) in [5, 5.41) is 0. The lowest BCUT2D eigenvalue weighted by Crippen LogP contribution is -2.29. The first kappa shape index (κ1) is 61.1. The van der Waals surface area contributed by atoms with Crippen LogP contribution in [0.4, 0.5) is 0 Å². The minimum atomic E-state index is -0.428. The van der Waals surface area contributed by atoms with Crippen molar-refractivity contribution in [3.63, 3.8) is 0 Å². The number of allylic oxidation sites excluding steroid dienone is 14. The Bertz CT molecular complexity index is 1190. The van der Waals surface area contributed by atoms with Crippen molar-refractivity contribution in [2.45, 2.75) is 258 Å². The molecule has 0 saturated carbocycles. The Morgan fingerprint density at radius 3 is 1.06 bits per heavy atom. The zero-order valence-corrected chi connectivity index (χ0v) is 42.3. The van der Waals surface area contributed by atoms with Crippen LogP contribution in [0.2, 0.25) is 0 Å². The van der Waals surface area contributed by atoms with Gasteiger partial charge >= 0.3 is 11.9 Å². The average molecular weight is 891 g/mol. The number of hydrogen-bond acceptors (Lipinski definition) is 5.